The standard InChI is InChI=1S/C31H36ClN7O3S.C26H33ClN6O3S.C24H23ClN6O3S/c1-20(2)42-30-27(14-13-25(36-30)22-9-11-23(12-10-22)39-17-15-33-16-18-39)37-31-34-19-24(32)29(38-31)35-26-7-5-6-8-28(26)43(40,41)21(3)4;1-16(2)36-25-22(10-9-20(31-25)18-11-13-28-14-12-18)32-26-29-15-19(27)24(33-26)30-21-7-5-6-8-23(21)37(34,35)17(3)4;1-31(2)35(32,33)21-12-8-7-11-19(21)27-22-17(25)15-26-24(30-22)29-20-14-13-18(28-23(20)34-3)16-9-5-4-6-10-16/h5-14,19-21,33H,15-18H2,1-4H3,(H2,34,35,37,38);5-10,15-18,28H,11-14H2,1-4H3,(H2,29,30,32,33);4-15H,1-3H3,(H2,26,27,29,30). The van der Waals surface area contributed by atoms with E-state index < -0.39 is 40.2 Å². The number of ether oxygens (including phenoxy) is 3. The van der Waals surface area contributed by atoms with Gasteiger partial charge in [0.25, 0.3) is 0 Å². The molecule has 0 spiro atoms. The van der Waals surface area contributed by atoms with Crippen LogP contribution in [0.3, 0.4) is 0 Å². The molecule has 0 amide bonds. The van der Waals surface area contributed by atoms with Gasteiger partial charge in [0, 0.05) is 68.7 Å². The van der Waals surface area contributed by atoms with Crippen LogP contribution in [0.4, 0.5) is 75.1 Å². The lowest BCUT2D eigenvalue weighted by molar-refractivity contribution is 0.232. The first-order valence-corrected chi connectivity index (χ1v) is 42.8. The van der Waals surface area contributed by atoms with E-state index in [0.717, 1.165) is 84.6 Å². The topological polar surface area (TPSA) is 349 Å². The van der Waals surface area contributed by atoms with E-state index in [-0.39, 0.29) is 77.3 Å². The van der Waals surface area contributed by atoms with Crippen molar-refractivity contribution in [3.8, 4) is 40.2 Å². The minimum Gasteiger partial charge on any atom is -0.479 e. The lowest BCUT2D eigenvalue weighted by Gasteiger charge is -2.29. The van der Waals surface area contributed by atoms with Crippen LogP contribution in [0.1, 0.15) is 79.8 Å². The van der Waals surface area contributed by atoms with Gasteiger partial charge in [0.05, 0.1) is 86.6 Å². The summed E-state index contributed by atoms with van der Waals surface area (Å²) < 4.78 is 95.7. The van der Waals surface area contributed by atoms with Crippen LogP contribution in [-0.4, -0.2) is 158 Å². The third kappa shape index (κ3) is 21.9. The molecule has 2 saturated heterocycles. The zero-order chi connectivity index (χ0) is 82.1. The molecular weight excluding hydrogens is 1590 g/mol. The number of para-hydroxylation sites is 3. The Balaban J connectivity index is 0.000000171. The number of anilines is 13. The molecule has 0 bridgehead atoms. The normalized spacial score (nSPS) is 13.3. The molecule has 28 nitrogen and oxygen atoms in total. The average molecular weight is 1680 g/mol. The van der Waals surface area contributed by atoms with Crippen molar-refractivity contribution < 1.29 is 39.5 Å². The summed E-state index contributed by atoms with van der Waals surface area (Å²) >= 11 is 19.1. The summed E-state index contributed by atoms with van der Waals surface area (Å²) in [6, 6.07) is 49.4. The van der Waals surface area contributed by atoms with Crippen LogP contribution in [0, 0.1) is 0 Å². The van der Waals surface area contributed by atoms with Crippen LogP contribution in [0.15, 0.2) is 197 Å². The number of nitrogens with one attached hydrogen (secondary N) is 8. The van der Waals surface area contributed by atoms with Crippen molar-refractivity contribution >= 4 is 140 Å². The van der Waals surface area contributed by atoms with Crippen LogP contribution in [0.2, 0.25) is 15.1 Å². The number of rotatable bonds is 27. The van der Waals surface area contributed by atoms with Crippen molar-refractivity contribution in [1.82, 2.24) is 59.8 Å². The highest BCUT2D eigenvalue weighted by molar-refractivity contribution is 7.92. The number of halogens is 3. The lowest BCUT2D eigenvalue weighted by atomic mass is 9.94. The first kappa shape index (κ1) is 85.3. The Labute approximate surface area is 686 Å². The summed E-state index contributed by atoms with van der Waals surface area (Å²) in [6.45, 7) is 20.2. The number of piperazine rings is 1. The number of aromatic nitrogens is 9. The largest absolute Gasteiger partial charge is 0.479 e. The first-order valence-electron chi connectivity index (χ1n) is 37.2. The molecule has 8 N–H and O–H groups in total. The molecule has 0 aliphatic carbocycles. The summed E-state index contributed by atoms with van der Waals surface area (Å²) in [5, 5.41) is 24.9. The maximum Gasteiger partial charge on any atom is 0.244 e. The SMILES string of the molecule is CC(C)Oc1nc(-c2ccc(N3CCNCC3)cc2)ccc1Nc1ncc(Cl)c(Nc2ccccc2S(=O)(=O)C(C)C)n1.CC(C)Oc1nc(C2CCNCC2)ccc1Nc1ncc(Cl)c(Nc2ccccc2S(=O)(=O)C(C)C)n1.COc1nc(-c2ccccc2)ccc1Nc1ncc(Cl)c(Nc2ccccc2S(=O)(=O)N(C)C)n1. The van der Waals surface area contributed by atoms with Gasteiger partial charge in [-0.1, -0.05) is 114 Å². The maximum absolute atomic E-state index is 12.9. The lowest BCUT2D eigenvalue weighted by Crippen LogP contribution is -2.43. The monoisotopic (exact) mass is 1680 g/mol. The molecule has 5 aromatic carbocycles. The second-order valence-corrected chi connectivity index (χ2v) is 36.1. The summed E-state index contributed by atoms with van der Waals surface area (Å²) in [6.07, 6.45) is 6.19. The van der Waals surface area contributed by atoms with Crippen molar-refractivity contribution in [2.45, 2.75) is 112 Å². The Bertz CT molecular complexity index is 5540. The van der Waals surface area contributed by atoms with Gasteiger partial charge >= 0.3 is 0 Å². The van der Waals surface area contributed by atoms with Crippen molar-refractivity contribution in [2.24, 2.45) is 0 Å². The molecule has 0 atom stereocenters. The Morgan fingerprint density at radius 3 is 1.24 bits per heavy atom. The second-order valence-electron chi connectivity index (χ2n) is 27.8. The van der Waals surface area contributed by atoms with Gasteiger partial charge in [0.1, 0.15) is 37.0 Å². The van der Waals surface area contributed by atoms with E-state index in [1.54, 1.807) is 94.4 Å². The van der Waals surface area contributed by atoms with Gasteiger partial charge in [-0.15, -0.1) is 0 Å². The number of nitrogens with zero attached hydrogens (tertiary/aromatic N) is 11. The fraction of sp³-hybridized carbons (Fsp3) is 0.296. The van der Waals surface area contributed by atoms with Crippen LogP contribution in [0.5, 0.6) is 17.6 Å². The Morgan fingerprint density at radius 2 is 0.809 bits per heavy atom. The average Bonchev–Trinajstić information content (AvgIpc) is 0.818. The zero-order valence-electron chi connectivity index (χ0n) is 65.3. The highest BCUT2D eigenvalue weighted by atomic mass is 35.5. The molecule has 34 heteroatoms. The number of hydrogen-bond acceptors (Lipinski definition) is 27. The Hall–Kier alpha value is -10.6. The van der Waals surface area contributed by atoms with E-state index >= 15 is 0 Å². The van der Waals surface area contributed by atoms with E-state index in [0.29, 0.717) is 57.7 Å². The Morgan fingerprint density at radius 1 is 0.426 bits per heavy atom. The number of sulfonamides is 1. The smallest absolute Gasteiger partial charge is 0.244 e. The highest BCUT2D eigenvalue weighted by Gasteiger charge is 2.28. The molecule has 115 heavy (non-hydrogen) atoms. The zero-order valence-corrected chi connectivity index (χ0v) is 70.0. The van der Waals surface area contributed by atoms with E-state index in [1.165, 1.54) is 51.5 Å². The molecule has 2 fully saturated rings. The summed E-state index contributed by atoms with van der Waals surface area (Å²) in [7, 11) is -6.30. The summed E-state index contributed by atoms with van der Waals surface area (Å²) in [5.74, 6) is 3.11. The molecule has 2 aliphatic heterocycles. The fourth-order valence-corrected chi connectivity index (χ4v) is 15.7. The fourth-order valence-electron chi connectivity index (χ4n) is 11.9. The van der Waals surface area contributed by atoms with E-state index in [9.17, 15) is 25.3 Å². The predicted molar refractivity (Wildman–Crippen MR) is 457 cm³/mol. The molecular formula is C81H92Cl3N19O9S3. The summed E-state index contributed by atoms with van der Waals surface area (Å²) in [5.41, 5.74) is 8.51. The van der Waals surface area contributed by atoms with Crippen molar-refractivity contribution in [2.75, 3.05) is 97.3 Å². The predicted octanol–water partition coefficient (Wildman–Crippen LogP) is 16.4. The van der Waals surface area contributed by atoms with E-state index in [1.807, 2.05) is 94.4 Å². The van der Waals surface area contributed by atoms with E-state index in [4.69, 9.17) is 59.0 Å². The molecule has 604 valence electrons. The third-order valence-electron chi connectivity index (χ3n) is 18.0. The van der Waals surface area contributed by atoms with Gasteiger partial charge in [0.2, 0.25) is 45.5 Å². The van der Waals surface area contributed by atoms with Gasteiger partial charge in [-0.2, -0.15) is 15.0 Å². The van der Waals surface area contributed by atoms with Crippen molar-refractivity contribution in [3.05, 3.63) is 203 Å². The van der Waals surface area contributed by atoms with Crippen molar-refractivity contribution in [1.29, 1.82) is 0 Å². The van der Waals surface area contributed by atoms with Gasteiger partial charge in [-0.3, -0.25) is 0 Å². The number of benzene rings is 5. The molecule has 0 unspecified atom stereocenters. The number of sulfone groups is 2. The highest BCUT2D eigenvalue weighted by Crippen LogP contribution is 2.39. The minimum atomic E-state index is -3.69. The molecule has 6 aromatic heterocycles. The number of methoxy groups -OCH3 is 1. The number of hydrogen-bond donors (Lipinski definition) is 8. The van der Waals surface area contributed by atoms with Gasteiger partial charge in [-0.25, -0.2) is 59.5 Å². The van der Waals surface area contributed by atoms with Crippen LogP contribution >= 0.6 is 34.8 Å². The molecule has 2 aliphatic rings. The molecule has 0 saturated carbocycles. The summed E-state index contributed by atoms with van der Waals surface area (Å²) in [4.78, 5) is 43.3. The Kier molecular flexibility index (Phi) is 28.7. The van der Waals surface area contributed by atoms with Gasteiger partial charge in [-0.05, 0) is 166 Å². The second kappa shape index (κ2) is 38.7. The van der Waals surface area contributed by atoms with Crippen LogP contribution in [-0.2, 0) is 29.7 Å². The number of pyridine rings is 3. The third-order valence-corrected chi connectivity index (χ3v) is 25.1. The number of piperidine rings is 1. The van der Waals surface area contributed by atoms with Crippen LogP contribution < -0.4 is 61.6 Å². The maximum atomic E-state index is 12.9. The van der Waals surface area contributed by atoms with Gasteiger partial charge < -0.3 is 61.6 Å². The van der Waals surface area contributed by atoms with Gasteiger partial charge in [0.15, 0.2) is 37.1 Å². The first-order chi connectivity index (χ1) is 55.0. The molecule has 11 aromatic rings. The molecule has 0 radical (unpaired) electrons. The molecule has 8 heterocycles. The quantitative estimate of drug-likeness (QED) is 0.0237. The molecule has 13 rings (SSSR count). The van der Waals surface area contributed by atoms with E-state index in [2.05, 4.69) is 107 Å². The van der Waals surface area contributed by atoms with Crippen LogP contribution in [0.25, 0.3) is 22.5 Å². The van der Waals surface area contributed by atoms with Crippen molar-refractivity contribution in [3.63, 3.8) is 0 Å². The minimum absolute atomic E-state index is 0.0703.